The van der Waals surface area contributed by atoms with Gasteiger partial charge in [0, 0.05) is 39.3 Å². The highest BCUT2D eigenvalue weighted by Crippen LogP contribution is 2.29. The van der Waals surface area contributed by atoms with Crippen molar-refractivity contribution < 1.29 is 14.4 Å². The molecule has 0 spiro atoms. The van der Waals surface area contributed by atoms with Gasteiger partial charge in [0.1, 0.15) is 5.69 Å². The van der Waals surface area contributed by atoms with Crippen LogP contribution in [0, 0.1) is 5.92 Å². The lowest BCUT2D eigenvalue weighted by atomic mass is 10.1. The highest BCUT2D eigenvalue weighted by Gasteiger charge is 2.43. The van der Waals surface area contributed by atoms with Crippen LogP contribution in [0.5, 0.6) is 0 Å². The van der Waals surface area contributed by atoms with Crippen LogP contribution in [0.3, 0.4) is 0 Å². The van der Waals surface area contributed by atoms with E-state index in [0.29, 0.717) is 31.4 Å². The highest BCUT2D eigenvalue weighted by molar-refractivity contribution is 5.93. The summed E-state index contributed by atoms with van der Waals surface area (Å²) >= 11 is 0. The van der Waals surface area contributed by atoms with Gasteiger partial charge in [-0.1, -0.05) is 12.8 Å². The Kier molecular flexibility index (Phi) is 4.42. The van der Waals surface area contributed by atoms with Gasteiger partial charge >= 0.3 is 0 Å². The Balaban J connectivity index is 1.32. The zero-order valence-corrected chi connectivity index (χ0v) is 15.1. The number of nitrogens with one attached hydrogen (secondary N) is 1. The number of rotatable bonds is 4. The number of likely N-dealkylation sites (tertiary alicyclic amines) is 2. The van der Waals surface area contributed by atoms with Crippen molar-refractivity contribution in [3.05, 3.63) is 18.0 Å². The van der Waals surface area contributed by atoms with Crippen molar-refractivity contribution in [2.75, 3.05) is 26.7 Å². The second kappa shape index (κ2) is 6.74. The minimum absolute atomic E-state index is 0.00112. The third-order valence-electron chi connectivity index (χ3n) is 5.89. The third-order valence-corrected chi connectivity index (χ3v) is 5.89. The van der Waals surface area contributed by atoms with Crippen molar-refractivity contribution in [2.24, 2.45) is 5.92 Å². The van der Waals surface area contributed by atoms with Gasteiger partial charge in [-0.25, -0.2) is 0 Å². The highest BCUT2D eigenvalue weighted by atomic mass is 16.2. The molecule has 2 aliphatic heterocycles. The van der Waals surface area contributed by atoms with Gasteiger partial charge in [-0.15, -0.1) is 0 Å². The number of carbonyl (C=O) groups is 3. The Hall–Kier alpha value is -2.38. The molecule has 140 valence electrons. The van der Waals surface area contributed by atoms with Gasteiger partial charge < -0.3 is 15.1 Å². The van der Waals surface area contributed by atoms with Gasteiger partial charge in [-0.3, -0.25) is 19.1 Å². The topological polar surface area (TPSA) is 87.5 Å². The van der Waals surface area contributed by atoms with Crippen molar-refractivity contribution in [1.29, 1.82) is 0 Å². The van der Waals surface area contributed by atoms with Crippen LogP contribution in [0.1, 0.15) is 48.6 Å². The molecule has 2 saturated heterocycles. The molecule has 1 atom stereocenters. The number of amides is 3. The van der Waals surface area contributed by atoms with Gasteiger partial charge in [0.05, 0.1) is 18.0 Å². The van der Waals surface area contributed by atoms with Crippen LogP contribution >= 0.6 is 0 Å². The van der Waals surface area contributed by atoms with E-state index >= 15 is 0 Å². The summed E-state index contributed by atoms with van der Waals surface area (Å²) in [6.07, 6.45) is 6.87. The SMILES string of the molecule is CNC(=O)C1CC(=O)N(C2CN(C(=O)c3ccn(C4CCCC4)n3)C2)C1. The molecule has 1 saturated carbocycles. The molecule has 0 aromatic carbocycles. The standard InChI is InChI=1S/C18H25N5O3/c1-19-17(25)12-8-16(24)22(9-12)14-10-21(11-14)18(26)15-6-7-23(20-15)13-4-2-3-5-13/h6-7,12-14H,2-5,8-11H2,1H3,(H,19,25). The molecule has 8 heteroatoms. The second-order valence-corrected chi connectivity index (χ2v) is 7.54. The molecule has 0 bridgehead atoms. The molecule has 26 heavy (non-hydrogen) atoms. The Morgan fingerprint density at radius 2 is 1.88 bits per heavy atom. The van der Waals surface area contributed by atoms with E-state index in [2.05, 4.69) is 10.4 Å². The van der Waals surface area contributed by atoms with Gasteiger partial charge in [-0.2, -0.15) is 5.10 Å². The van der Waals surface area contributed by atoms with E-state index in [1.807, 2.05) is 10.9 Å². The van der Waals surface area contributed by atoms with E-state index in [1.165, 1.54) is 12.8 Å². The summed E-state index contributed by atoms with van der Waals surface area (Å²) in [5.74, 6) is -0.446. The van der Waals surface area contributed by atoms with Crippen LogP contribution < -0.4 is 5.32 Å². The number of hydrogen-bond acceptors (Lipinski definition) is 4. The van der Waals surface area contributed by atoms with Gasteiger partial charge in [0.15, 0.2) is 0 Å². The first kappa shape index (κ1) is 17.1. The fraction of sp³-hybridized carbons (Fsp3) is 0.667. The predicted octanol–water partition coefficient (Wildman–Crippen LogP) is 0.417. The molecule has 1 aromatic rings. The molecule has 3 fully saturated rings. The molecule has 3 aliphatic rings. The molecule has 1 unspecified atom stereocenters. The van der Waals surface area contributed by atoms with Gasteiger partial charge in [0.25, 0.3) is 5.91 Å². The minimum atomic E-state index is -0.278. The second-order valence-electron chi connectivity index (χ2n) is 7.54. The Morgan fingerprint density at radius 3 is 2.58 bits per heavy atom. The summed E-state index contributed by atoms with van der Waals surface area (Å²) in [4.78, 5) is 40.0. The molecule has 1 aliphatic carbocycles. The number of aromatic nitrogens is 2. The number of carbonyl (C=O) groups excluding carboxylic acids is 3. The average Bonchev–Trinajstić information content (AvgIpc) is 3.33. The van der Waals surface area contributed by atoms with E-state index < -0.39 is 0 Å². The van der Waals surface area contributed by atoms with Crippen LogP contribution in [0.15, 0.2) is 12.3 Å². The van der Waals surface area contributed by atoms with Crippen LogP contribution in [0.4, 0.5) is 0 Å². The summed E-state index contributed by atoms with van der Waals surface area (Å²) in [6, 6.07) is 2.22. The first-order chi connectivity index (χ1) is 12.6. The monoisotopic (exact) mass is 359 g/mol. The van der Waals surface area contributed by atoms with Gasteiger partial charge in [0.2, 0.25) is 11.8 Å². The zero-order chi connectivity index (χ0) is 18.3. The van der Waals surface area contributed by atoms with E-state index in [0.717, 1.165) is 12.8 Å². The maximum atomic E-state index is 12.6. The third kappa shape index (κ3) is 2.97. The van der Waals surface area contributed by atoms with Crippen molar-refractivity contribution in [2.45, 2.75) is 44.2 Å². The summed E-state index contributed by atoms with van der Waals surface area (Å²) in [5.41, 5.74) is 0.478. The smallest absolute Gasteiger partial charge is 0.274 e. The molecule has 3 amide bonds. The molecule has 4 rings (SSSR count). The first-order valence-electron chi connectivity index (χ1n) is 9.42. The van der Waals surface area contributed by atoms with Crippen molar-refractivity contribution in [3.8, 4) is 0 Å². The Labute approximate surface area is 152 Å². The fourth-order valence-electron chi connectivity index (χ4n) is 4.27. The number of nitrogens with zero attached hydrogens (tertiary/aromatic N) is 4. The van der Waals surface area contributed by atoms with E-state index in [-0.39, 0.29) is 36.1 Å². The molecule has 1 aromatic heterocycles. The van der Waals surface area contributed by atoms with E-state index in [1.54, 1.807) is 22.9 Å². The number of hydrogen-bond donors (Lipinski definition) is 1. The predicted molar refractivity (Wildman–Crippen MR) is 93.3 cm³/mol. The molecular weight excluding hydrogens is 334 g/mol. The lowest BCUT2D eigenvalue weighted by molar-refractivity contribution is -0.132. The maximum absolute atomic E-state index is 12.6. The van der Waals surface area contributed by atoms with Crippen molar-refractivity contribution >= 4 is 17.7 Å². The normalized spacial score (nSPS) is 24.2. The van der Waals surface area contributed by atoms with Crippen molar-refractivity contribution in [3.63, 3.8) is 0 Å². The Morgan fingerprint density at radius 1 is 1.15 bits per heavy atom. The lowest BCUT2D eigenvalue weighted by Crippen LogP contribution is -2.61. The molecule has 3 heterocycles. The summed E-state index contributed by atoms with van der Waals surface area (Å²) in [7, 11) is 1.59. The van der Waals surface area contributed by atoms with Crippen LogP contribution in [-0.2, 0) is 9.59 Å². The van der Waals surface area contributed by atoms with Crippen LogP contribution in [0.25, 0.3) is 0 Å². The summed E-state index contributed by atoms with van der Waals surface area (Å²) in [5, 5.41) is 7.07. The van der Waals surface area contributed by atoms with E-state index in [9.17, 15) is 14.4 Å². The molecule has 8 nitrogen and oxygen atoms in total. The van der Waals surface area contributed by atoms with Gasteiger partial charge in [-0.05, 0) is 18.9 Å². The fourth-order valence-corrected chi connectivity index (χ4v) is 4.27. The van der Waals surface area contributed by atoms with Crippen molar-refractivity contribution in [1.82, 2.24) is 24.9 Å². The minimum Gasteiger partial charge on any atom is -0.359 e. The quantitative estimate of drug-likeness (QED) is 0.844. The average molecular weight is 359 g/mol. The summed E-state index contributed by atoms with van der Waals surface area (Å²) in [6.45, 7) is 1.48. The maximum Gasteiger partial charge on any atom is 0.274 e. The first-order valence-corrected chi connectivity index (χ1v) is 9.42. The van der Waals surface area contributed by atoms with E-state index in [4.69, 9.17) is 0 Å². The van der Waals surface area contributed by atoms with Crippen LogP contribution in [0.2, 0.25) is 0 Å². The largest absolute Gasteiger partial charge is 0.359 e. The molecule has 1 N–H and O–H groups in total. The Bertz CT molecular complexity index is 718. The van der Waals surface area contributed by atoms with Crippen LogP contribution in [-0.4, -0.2) is 70.0 Å². The molecule has 0 radical (unpaired) electrons. The zero-order valence-electron chi connectivity index (χ0n) is 15.1. The molecular formula is C18H25N5O3. The lowest BCUT2D eigenvalue weighted by Gasteiger charge is -2.43. The summed E-state index contributed by atoms with van der Waals surface area (Å²) < 4.78 is 1.93.